The molecule has 2 aromatic rings. The molecule has 25 heavy (non-hydrogen) atoms. The number of nitrogens with one attached hydrogen (secondary N) is 1. The Kier molecular flexibility index (Phi) is 6.47. The second kappa shape index (κ2) is 8.78. The molecule has 0 aliphatic rings. The van der Waals surface area contributed by atoms with Crippen LogP contribution in [0.2, 0.25) is 0 Å². The molecule has 0 aromatic heterocycles. The van der Waals surface area contributed by atoms with Crippen molar-refractivity contribution in [1.29, 1.82) is 0 Å². The van der Waals surface area contributed by atoms with E-state index in [-0.39, 0.29) is 0 Å². The molecule has 0 spiro atoms. The SMILES string of the molecule is C[C@@H](N)[C@@H](NC(=O)c1ccc(C#Cc2ccccc2)cc1)C(=O)CO. The summed E-state index contributed by atoms with van der Waals surface area (Å²) < 4.78 is 0. The van der Waals surface area contributed by atoms with Crippen molar-refractivity contribution in [3.8, 4) is 11.8 Å². The van der Waals surface area contributed by atoms with Crippen LogP contribution in [0.15, 0.2) is 54.6 Å². The van der Waals surface area contributed by atoms with Crippen molar-refractivity contribution in [3.63, 3.8) is 0 Å². The van der Waals surface area contributed by atoms with Gasteiger partial charge in [-0.3, -0.25) is 9.59 Å². The monoisotopic (exact) mass is 336 g/mol. The van der Waals surface area contributed by atoms with Gasteiger partial charge in [0.25, 0.3) is 5.91 Å². The predicted molar refractivity (Wildman–Crippen MR) is 95.9 cm³/mol. The van der Waals surface area contributed by atoms with Gasteiger partial charge in [0, 0.05) is 22.7 Å². The second-order valence-electron chi connectivity index (χ2n) is 5.63. The predicted octanol–water partition coefficient (Wildman–Crippen LogP) is 1.09. The lowest BCUT2D eigenvalue weighted by molar-refractivity contribution is -0.123. The Balaban J connectivity index is 2.07. The number of nitrogens with two attached hydrogens (primary N) is 1. The van der Waals surface area contributed by atoms with Gasteiger partial charge in [-0.25, -0.2) is 0 Å². The summed E-state index contributed by atoms with van der Waals surface area (Å²) in [5, 5.41) is 11.5. The minimum Gasteiger partial charge on any atom is -0.388 e. The molecule has 1 amide bonds. The molecule has 0 saturated heterocycles. The number of aliphatic hydroxyl groups excluding tert-OH is 1. The fraction of sp³-hybridized carbons (Fsp3) is 0.200. The number of hydrogen-bond donors (Lipinski definition) is 3. The Bertz CT molecular complexity index is 787. The van der Waals surface area contributed by atoms with Gasteiger partial charge in [-0.05, 0) is 43.3 Å². The normalized spacial score (nSPS) is 12.4. The number of hydrogen-bond acceptors (Lipinski definition) is 4. The average molecular weight is 336 g/mol. The van der Waals surface area contributed by atoms with E-state index in [9.17, 15) is 9.59 Å². The number of carbonyl (C=O) groups excluding carboxylic acids is 2. The standard InChI is InChI=1S/C20H20N2O3/c1-14(21)19(18(24)13-23)22-20(25)17-11-9-16(10-12-17)8-7-15-5-3-2-4-6-15/h2-6,9-12,14,19,23H,13,21H2,1H3,(H,22,25)/t14-,19-/m1/s1. The van der Waals surface area contributed by atoms with Crippen molar-refractivity contribution in [2.75, 3.05) is 6.61 Å². The zero-order chi connectivity index (χ0) is 18.2. The Morgan fingerprint density at radius 2 is 1.60 bits per heavy atom. The zero-order valence-corrected chi connectivity index (χ0v) is 13.9. The highest BCUT2D eigenvalue weighted by atomic mass is 16.3. The largest absolute Gasteiger partial charge is 0.388 e. The van der Waals surface area contributed by atoms with Crippen LogP contribution >= 0.6 is 0 Å². The summed E-state index contributed by atoms with van der Waals surface area (Å²) in [5.41, 5.74) is 7.77. The van der Waals surface area contributed by atoms with Crippen LogP contribution in [-0.2, 0) is 4.79 Å². The average Bonchev–Trinajstić information content (AvgIpc) is 2.64. The highest BCUT2D eigenvalue weighted by Gasteiger charge is 2.24. The Hall–Kier alpha value is -2.94. The molecule has 4 N–H and O–H groups in total. The first kappa shape index (κ1) is 18.4. The maximum Gasteiger partial charge on any atom is 0.251 e. The van der Waals surface area contributed by atoms with E-state index >= 15 is 0 Å². The molecule has 5 nitrogen and oxygen atoms in total. The molecule has 0 radical (unpaired) electrons. The summed E-state index contributed by atoms with van der Waals surface area (Å²) in [6.07, 6.45) is 0. The number of amides is 1. The molecule has 0 aliphatic carbocycles. The molecule has 0 bridgehead atoms. The number of aliphatic hydroxyl groups is 1. The maximum atomic E-state index is 12.2. The first-order chi connectivity index (χ1) is 12.0. The lowest BCUT2D eigenvalue weighted by Crippen LogP contribution is -2.52. The van der Waals surface area contributed by atoms with E-state index in [4.69, 9.17) is 10.8 Å². The van der Waals surface area contributed by atoms with Gasteiger partial charge in [0.15, 0.2) is 5.78 Å². The van der Waals surface area contributed by atoms with E-state index in [1.807, 2.05) is 30.3 Å². The van der Waals surface area contributed by atoms with Crippen LogP contribution in [0.4, 0.5) is 0 Å². The summed E-state index contributed by atoms with van der Waals surface area (Å²) in [5.74, 6) is 5.12. The molecule has 128 valence electrons. The number of carbonyl (C=O) groups is 2. The van der Waals surface area contributed by atoms with Crippen molar-refractivity contribution in [2.45, 2.75) is 19.0 Å². The Morgan fingerprint density at radius 1 is 1.04 bits per heavy atom. The number of ketones is 1. The van der Waals surface area contributed by atoms with Gasteiger partial charge >= 0.3 is 0 Å². The highest BCUT2D eigenvalue weighted by Crippen LogP contribution is 2.05. The van der Waals surface area contributed by atoms with Crippen molar-refractivity contribution in [1.82, 2.24) is 5.32 Å². The summed E-state index contributed by atoms with van der Waals surface area (Å²) in [6, 6.07) is 14.8. The van der Waals surface area contributed by atoms with Gasteiger partial charge in [0.2, 0.25) is 0 Å². The summed E-state index contributed by atoms with van der Waals surface area (Å²) in [6.45, 7) is 0.932. The van der Waals surface area contributed by atoms with Gasteiger partial charge < -0.3 is 16.2 Å². The molecule has 2 rings (SSSR count). The van der Waals surface area contributed by atoms with E-state index in [0.29, 0.717) is 5.56 Å². The van der Waals surface area contributed by atoms with Crippen molar-refractivity contribution < 1.29 is 14.7 Å². The van der Waals surface area contributed by atoms with Crippen LogP contribution < -0.4 is 11.1 Å². The van der Waals surface area contributed by atoms with Crippen molar-refractivity contribution >= 4 is 11.7 Å². The molecule has 0 heterocycles. The minimum absolute atomic E-state index is 0.390. The van der Waals surface area contributed by atoms with E-state index < -0.39 is 30.4 Å². The quantitative estimate of drug-likeness (QED) is 0.713. The molecule has 0 fully saturated rings. The maximum absolute atomic E-state index is 12.2. The third-order valence-corrected chi connectivity index (χ3v) is 3.59. The van der Waals surface area contributed by atoms with Gasteiger partial charge in [-0.1, -0.05) is 30.0 Å². The van der Waals surface area contributed by atoms with Crippen LogP contribution in [0, 0.1) is 11.8 Å². The summed E-state index contributed by atoms with van der Waals surface area (Å²) >= 11 is 0. The van der Waals surface area contributed by atoms with Crippen LogP contribution in [0.3, 0.4) is 0 Å². The first-order valence-electron chi connectivity index (χ1n) is 7.88. The fourth-order valence-electron chi connectivity index (χ4n) is 2.20. The molecule has 2 aromatic carbocycles. The van der Waals surface area contributed by atoms with Gasteiger partial charge in [0.05, 0.1) is 0 Å². The first-order valence-corrected chi connectivity index (χ1v) is 7.88. The van der Waals surface area contributed by atoms with Crippen LogP contribution in [0.5, 0.6) is 0 Å². The smallest absolute Gasteiger partial charge is 0.251 e. The highest BCUT2D eigenvalue weighted by molar-refractivity contribution is 5.98. The Morgan fingerprint density at radius 3 is 2.12 bits per heavy atom. The second-order valence-corrected chi connectivity index (χ2v) is 5.63. The molecule has 5 heteroatoms. The van der Waals surface area contributed by atoms with Crippen LogP contribution in [0.1, 0.15) is 28.4 Å². The third-order valence-electron chi connectivity index (χ3n) is 3.59. The molecule has 2 atom stereocenters. The fourth-order valence-corrected chi connectivity index (χ4v) is 2.20. The zero-order valence-electron chi connectivity index (χ0n) is 13.9. The number of benzene rings is 2. The lowest BCUT2D eigenvalue weighted by atomic mass is 10.1. The number of Topliss-reactive ketones (excluding diaryl/α,β-unsaturated/α-hetero) is 1. The molecular weight excluding hydrogens is 316 g/mol. The molecule has 0 unspecified atom stereocenters. The molecule has 0 aliphatic heterocycles. The topological polar surface area (TPSA) is 92.4 Å². The van der Waals surface area contributed by atoms with Gasteiger partial charge in [0.1, 0.15) is 12.6 Å². The van der Waals surface area contributed by atoms with Gasteiger partial charge in [-0.15, -0.1) is 0 Å². The van der Waals surface area contributed by atoms with E-state index in [0.717, 1.165) is 11.1 Å². The van der Waals surface area contributed by atoms with Gasteiger partial charge in [-0.2, -0.15) is 0 Å². The van der Waals surface area contributed by atoms with E-state index in [1.165, 1.54) is 0 Å². The summed E-state index contributed by atoms with van der Waals surface area (Å²) in [7, 11) is 0. The lowest BCUT2D eigenvalue weighted by Gasteiger charge is -2.20. The van der Waals surface area contributed by atoms with E-state index in [1.54, 1.807) is 31.2 Å². The Labute approximate surface area is 146 Å². The summed E-state index contributed by atoms with van der Waals surface area (Å²) in [4.78, 5) is 23.9. The molecule has 0 saturated carbocycles. The number of rotatable bonds is 5. The van der Waals surface area contributed by atoms with E-state index in [2.05, 4.69) is 17.2 Å². The third kappa shape index (κ3) is 5.28. The van der Waals surface area contributed by atoms with Crippen LogP contribution in [-0.4, -0.2) is 35.5 Å². The van der Waals surface area contributed by atoms with Crippen molar-refractivity contribution in [2.24, 2.45) is 5.73 Å². The van der Waals surface area contributed by atoms with Crippen molar-refractivity contribution in [3.05, 3.63) is 71.3 Å². The molecular formula is C20H20N2O3. The minimum atomic E-state index is -0.921. The van der Waals surface area contributed by atoms with Crippen LogP contribution in [0.25, 0.3) is 0 Å².